The first-order valence-corrected chi connectivity index (χ1v) is 11.3. The van der Waals surface area contributed by atoms with Crippen LogP contribution in [0.3, 0.4) is 0 Å². The smallest absolute Gasteiger partial charge is 0.162 e. The Hall–Kier alpha value is -2.46. The molecule has 160 valence electrons. The summed E-state index contributed by atoms with van der Waals surface area (Å²) in [4.78, 5) is 31.4. The minimum Gasteiger partial charge on any atom is -0.362 e. The van der Waals surface area contributed by atoms with E-state index in [0.29, 0.717) is 29.1 Å². The van der Waals surface area contributed by atoms with Gasteiger partial charge in [-0.25, -0.2) is 4.98 Å². The molecule has 5 rings (SSSR count). The lowest BCUT2D eigenvalue weighted by Gasteiger charge is -2.44. The first-order chi connectivity index (χ1) is 14.5. The molecule has 1 aliphatic heterocycles. The van der Waals surface area contributed by atoms with E-state index in [1.807, 2.05) is 30.3 Å². The van der Waals surface area contributed by atoms with Crippen LogP contribution in [0.25, 0.3) is 10.9 Å². The molecule has 0 spiro atoms. The number of hydrogen-bond acceptors (Lipinski definition) is 4. The summed E-state index contributed by atoms with van der Waals surface area (Å²) in [5, 5.41) is 4.86. The number of pyridine rings is 1. The van der Waals surface area contributed by atoms with Crippen LogP contribution in [0.1, 0.15) is 64.9 Å². The minimum atomic E-state index is -0.456. The van der Waals surface area contributed by atoms with Crippen LogP contribution < -0.4 is 5.32 Å². The van der Waals surface area contributed by atoms with Gasteiger partial charge in [0.15, 0.2) is 11.6 Å². The molecule has 1 aromatic heterocycles. The molecule has 4 nitrogen and oxygen atoms in total. The lowest BCUT2D eigenvalue weighted by molar-refractivity contribution is -0.119. The van der Waals surface area contributed by atoms with Crippen LogP contribution in [0.15, 0.2) is 52.9 Å². The first kappa shape index (κ1) is 20.4. The second-order valence-electron chi connectivity index (χ2n) is 10.8. The van der Waals surface area contributed by atoms with Gasteiger partial charge in [0.1, 0.15) is 5.15 Å². The highest BCUT2D eigenvalue weighted by Gasteiger charge is 2.47. The van der Waals surface area contributed by atoms with Crippen molar-refractivity contribution >= 4 is 34.1 Å². The van der Waals surface area contributed by atoms with Crippen molar-refractivity contribution in [1.82, 2.24) is 10.3 Å². The Morgan fingerprint density at radius 2 is 1.45 bits per heavy atom. The molecule has 5 heteroatoms. The number of fused-ring (bicyclic) bond motifs is 1. The Morgan fingerprint density at radius 1 is 0.903 bits per heavy atom. The number of nitrogens with one attached hydrogen (secondary N) is 1. The molecule has 0 amide bonds. The number of halogens is 1. The van der Waals surface area contributed by atoms with Gasteiger partial charge in [-0.3, -0.25) is 9.59 Å². The fraction of sp³-hybridized carbons (Fsp3) is 0.423. The number of aromatic nitrogens is 1. The van der Waals surface area contributed by atoms with Crippen LogP contribution >= 0.6 is 11.6 Å². The van der Waals surface area contributed by atoms with E-state index in [1.165, 1.54) is 0 Å². The molecule has 0 fully saturated rings. The van der Waals surface area contributed by atoms with Crippen molar-refractivity contribution < 1.29 is 9.59 Å². The van der Waals surface area contributed by atoms with Gasteiger partial charge in [-0.15, -0.1) is 0 Å². The molecular weight excluding hydrogens is 408 g/mol. The maximum absolute atomic E-state index is 13.4. The molecule has 0 radical (unpaired) electrons. The van der Waals surface area contributed by atoms with Crippen molar-refractivity contribution in [2.75, 3.05) is 0 Å². The van der Waals surface area contributed by atoms with Gasteiger partial charge in [-0.05, 0) is 35.8 Å². The van der Waals surface area contributed by atoms with Crippen molar-refractivity contribution in [3.05, 3.63) is 63.6 Å². The molecule has 2 aliphatic carbocycles. The molecule has 3 aliphatic rings. The third kappa shape index (κ3) is 3.41. The maximum atomic E-state index is 13.4. The molecular formula is C26H27ClN2O2. The van der Waals surface area contributed by atoms with Crippen LogP contribution in [0, 0.1) is 10.8 Å². The number of para-hydroxylation sites is 1. The first-order valence-electron chi connectivity index (χ1n) is 10.9. The van der Waals surface area contributed by atoms with Gasteiger partial charge >= 0.3 is 0 Å². The number of Topliss-reactive ketones (excluding diaryl/α,β-unsaturated/α-hetero) is 2. The predicted octanol–water partition coefficient (Wildman–Crippen LogP) is 5.86. The Morgan fingerprint density at radius 3 is 2.03 bits per heavy atom. The summed E-state index contributed by atoms with van der Waals surface area (Å²) in [6, 6.07) is 9.81. The zero-order valence-corrected chi connectivity index (χ0v) is 19.2. The summed E-state index contributed by atoms with van der Waals surface area (Å²) in [6.45, 7) is 8.48. The van der Waals surface area contributed by atoms with Gasteiger partial charge in [-0.2, -0.15) is 0 Å². The van der Waals surface area contributed by atoms with E-state index in [4.69, 9.17) is 11.6 Å². The Balaban J connectivity index is 1.77. The number of benzene rings is 1. The van der Waals surface area contributed by atoms with E-state index < -0.39 is 5.92 Å². The number of allylic oxidation sites excluding steroid dienone is 4. The third-order valence-corrected chi connectivity index (χ3v) is 7.04. The van der Waals surface area contributed by atoms with Crippen LogP contribution in [-0.4, -0.2) is 16.6 Å². The van der Waals surface area contributed by atoms with Gasteiger partial charge in [-0.1, -0.05) is 57.5 Å². The highest BCUT2D eigenvalue weighted by Crippen LogP contribution is 2.52. The highest BCUT2D eigenvalue weighted by molar-refractivity contribution is 6.31. The van der Waals surface area contributed by atoms with Gasteiger partial charge < -0.3 is 5.32 Å². The van der Waals surface area contributed by atoms with E-state index in [-0.39, 0.29) is 22.4 Å². The normalized spacial score (nSPS) is 23.0. The van der Waals surface area contributed by atoms with Crippen LogP contribution in [0.2, 0.25) is 5.15 Å². The summed E-state index contributed by atoms with van der Waals surface area (Å²) < 4.78 is 0. The fourth-order valence-electron chi connectivity index (χ4n) is 5.51. The monoisotopic (exact) mass is 434 g/mol. The van der Waals surface area contributed by atoms with Gasteiger partial charge in [0.2, 0.25) is 0 Å². The quantitative estimate of drug-likeness (QED) is 0.571. The van der Waals surface area contributed by atoms with Gasteiger partial charge in [0.25, 0.3) is 0 Å². The average molecular weight is 435 g/mol. The summed E-state index contributed by atoms with van der Waals surface area (Å²) in [6.07, 6.45) is 2.47. The Bertz CT molecular complexity index is 1170. The molecule has 2 heterocycles. The standard InChI is InChI=1S/C26H27ClN2O2/c1-25(2)10-17-22(19(30)12-25)21(23-18(28-17)11-26(3,4)13-20(23)31)15-9-14-7-5-6-8-16(14)29-24(15)27/h5-9,21,28H,10-13H2,1-4H3. The number of ketones is 2. The fourth-order valence-corrected chi connectivity index (χ4v) is 5.77. The summed E-state index contributed by atoms with van der Waals surface area (Å²) in [5.74, 6) is -0.266. The minimum absolute atomic E-state index is 0.0946. The van der Waals surface area contributed by atoms with E-state index in [1.54, 1.807) is 0 Å². The molecule has 0 bridgehead atoms. The van der Waals surface area contributed by atoms with E-state index in [9.17, 15) is 9.59 Å². The number of carbonyl (C=O) groups excluding carboxylic acids is 2. The lowest BCUT2D eigenvalue weighted by atomic mass is 9.64. The molecule has 0 unspecified atom stereocenters. The van der Waals surface area contributed by atoms with Crippen molar-refractivity contribution in [1.29, 1.82) is 0 Å². The van der Waals surface area contributed by atoms with E-state index in [0.717, 1.165) is 40.7 Å². The van der Waals surface area contributed by atoms with Crippen molar-refractivity contribution in [2.45, 2.75) is 59.3 Å². The molecule has 0 atom stereocenters. The van der Waals surface area contributed by atoms with Crippen LogP contribution in [-0.2, 0) is 9.59 Å². The topological polar surface area (TPSA) is 59.1 Å². The van der Waals surface area contributed by atoms with E-state index in [2.05, 4.69) is 38.0 Å². The zero-order chi connectivity index (χ0) is 22.1. The van der Waals surface area contributed by atoms with Crippen molar-refractivity contribution in [3.8, 4) is 0 Å². The third-order valence-electron chi connectivity index (χ3n) is 6.73. The summed E-state index contributed by atoms with van der Waals surface area (Å²) in [7, 11) is 0. The molecule has 31 heavy (non-hydrogen) atoms. The second-order valence-corrected chi connectivity index (χ2v) is 11.1. The summed E-state index contributed by atoms with van der Waals surface area (Å²) >= 11 is 6.71. The predicted molar refractivity (Wildman–Crippen MR) is 123 cm³/mol. The number of nitrogens with zero attached hydrogens (tertiary/aromatic N) is 1. The molecule has 1 N–H and O–H groups in total. The Kier molecular flexibility index (Phi) is 4.46. The van der Waals surface area contributed by atoms with Crippen molar-refractivity contribution in [3.63, 3.8) is 0 Å². The lowest BCUT2D eigenvalue weighted by Crippen LogP contribution is -2.42. The number of carbonyl (C=O) groups is 2. The largest absolute Gasteiger partial charge is 0.362 e. The number of hydrogen-bond donors (Lipinski definition) is 1. The zero-order valence-electron chi connectivity index (χ0n) is 18.4. The molecule has 0 saturated carbocycles. The summed E-state index contributed by atoms with van der Waals surface area (Å²) in [5.41, 5.74) is 4.61. The molecule has 0 saturated heterocycles. The number of dihydropyridines is 1. The molecule has 1 aromatic carbocycles. The average Bonchev–Trinajstić information content (AvgIpc) is 2.63. The molecule has 2 aromatic rings. The Labute approximate surface area is 187 Å². The number of rotatable bonds is 1. The SMILES string of the molecule is CC1(C)CC(=O)C2=C(C1)NC1=C(C(=O)CC(C)(C)C1)C2c1cc2ccccc2nc1Cl. The van der Waals surface area contributed by atoms with Gasteiger partial charge in [0.05, 0.1) is 5.52 Å². The van der Waals surface area contributed by atoms with Crippen LogP contribution in [0.5, 0.6) is 0 Å². The van der Waals surface area contributed by atoms with Crippen LogP contribution in [0.4, 0.5) is 0 Å². The van der Waals surface area contributed by atoms with E-state index >= 15 is 0 Å². The highest BCUT2D eigenvalue weighted by atomic mass is 35.5. The van der Waals surface area contributed by atoms with Gasteiger partial charge in [0, 0.05) is 52.2 Å². The maximum Gasteiger partial charge on any atom is 0.162 e. The van der Waals surface area contributed by atoms with Crippen molar-refractivity contribution in [2.24, 2.45) is 10.8 Å². The second kappa shape index (κ2) is 6.77.